The smallest absolute Gasteiger partial charge is 0.148 e. The summed E-state index contributed by atoms with van der Waals surface area (Å²) in [6.45, 7) is 7.09. The lowest BCUT2D eigenvalue weighted by Crippen LogP contribution is -2.23. The van der Waals surface area contributed by atoms with Crippen LogP contribution in [0.4, 0.5) is 5.82 Å². The molecule has 1 aromatic rings. The summed E-state index contributed by atoms with van der Waals surface area (Å²) in [4.78, 5) is 0. The maximum absolute atomic E-state index is 3.97. The van der Waals surface area contributed by atoms with Crippen molar-refractivity contribution in [2.45, 2.75) is 20.3 Å². The third-order valence-corrected chi connectivity index (χ3v) is 1.83. The molecular formula is C10H18N4. The summed E-state index contributed by atoms with van der Waals surface area (Å²) >= 11 is 0. The maximum Gasteiger partial charge on any atom is 0.148 e. The summed E-state index contributed by atoms with van der Waals surface area (Å²) in [5.74, 6) is 0.850. The van der Waals surface area contributed by atoms with E-state index in [1.807, 2.05) is 13.0 Å². The molecule has 0 atom stereocenters. The lowest BCUT2D eigenvalue weighted by molar-refractivity contribution is 0.686. The van der Waals surface area contributed by atoms with Crippen molar-refractivity contribution in [2.24, 2.45) is 0 Å². The van der Waals surface area contributed by atoms with Crippen LogP contribution in [0.5, 0.6) is 0 Å². The highest BCUT2D eigenvalue weighted by molar-refractivity contribution is 5.34. The molecule has 0 aromatic carbocycles. The number of nitrogens with zero attached hydrogens (tertiary/aromatic N) is 2. The average molecular weight is 194 g/mol. The summed E-state index contributed by atoms with van der Waals surface area (Å²) in [7, 11) is 0. The van der Waals surface area contributed by atoms with Crippen molar-refractivity contribution in [1.82, 2.24) is 15.5 Å². The Hall–Kier alpha value is -1.16. The highest BCUT2D eigenvalue weighted by Crippen LogP contribution is 2.01. The molecule has 0 saturated heterocycles. The summed E-state index contributed by atoms with van der Waals surface area (Å²) in [5.41, 5.74) is 1.13. The van der Waals surface area contributed by atoms with E-state index in [1.54, 1.807) is 6.20 Å². The zero-order valence-corrected chi connectivity index (χ0v) is 8.88. The molecule has 0 amide bonds. The lowest BCUT2D eigenvalue weighted by Gasteiger charge is -2.05. The molecule has 0 aliphatic heterocycles. The van der Waals surface area contributed by atoms with Gasteiger partial charge in [-0.05, 0) is 31.5 Å². The summed E-state index contributed by atoms with van der Waals surface area (Å²) < 4.78 is 0. The van der Waals surface area contributed by atoms with Gasteiger partial charge in [-0.15, -0.1) is 5.10 Å². The van der Waals surface area contributed by atoms with Crippen LogP contribution in [0, 0.1) is 6.92 Å². The Kier molecular flexibility index (Phi) is 4.93. The normalized spacial score (nSPS) is 10.1. The number of nitrogens with one attached hydrogen (secondary N) is 2. The van der Waals surface area contributed by atoms with Crippen LogP contribution in [0.2, 0.25) is 0 Å². The quantitative estimate of drug-likeness (QED) is 0.668. The second kappa shape index (κ2) is 6.32. The van der Waals surface area contributed by atoms with E-state index >= 15 is 0 Å². The van der Waals surface area contributed by atoms with Crippen molar-refractivity contribution >= 4 is 5.82 Å². The monoisotopic (exact) mass is 194 g/mol. The van der Waals surface area contributed by atoms with Crippen LogP contribution in [0.25, 0.3) is 0 Å². The van der Waals surface area contributed by atoms with Gasteiger partial charge >= 0.3 is 0 Å². The van der Waals surface area contributed by atoms with Gasteiger partial charge in [0, 0.05) is 13.1 Å². The van der Waals surface area contributed by atoms with Crippen molar-refractivity contribution in [3.8, 4) is 0 Å². The van der Waals surface area contributed by atoms with Gasteiger partial charge in [0.25, 0.3) is 0 Å². The Balaban J connectivity index is 2.18. The fourth-order valence-corrected chi connectivity index (χ4v) is 1.13. The topological polar surface area (TPSA) is 49.8 Å². The fraction of sp³-hybridized carbons (Fsp3) is 0.600. The highest BCUT2D eigenvalue weighted by atomic mass is 15.2. The van der Waals surface area contributed by atoms with Crippen molar-refractivity contribution in [3.05, 3.63) is 17.8 Å². The summed E-state index contributed by atoms with van der Waals surface area (Å²) in [6, 6.07) is 1.99. The minimum atomic E-state index is 0.850. The molecule has 0 unspecified atom stereocenters. The number of rotatable bonds is 6. The van der Waals surface area contributed by atoms with Crippen LogP contribution in [-0.4, -0.2) is 29.8 Å². The molecule has 78 valence electrons. The van der Waals surface area contributed by atoms with Crippen molar-refractivity contribution in [1.29, 1.82) is 0 Å². The van der Waals surface area contributed by atoms with Crippen molar-refractivity contribution < 1.29 is 0 Å². The summed E-state index contributed by atoms with van der Waals surface area (Å²) in [5, 5.41) is 14.4. The predicted octanol–water partition coefficient (Wildman–Crippen LogP) is 1.20. The van der Waals surface area contributed by atoms with Crippen LogP contribution < -0.4 is 10.6 Å². The molecule has 0 aliphatic rings. The van der Waals surface area contributed by atoms with E-state index in [4.69, 9.17) is 0 Å². The molecule has 1 aromatic heterocycles. The Morgan fingerprint density at radius 1 is 1.29 bits per heavy atom. The first-order valence-electron chi connectivity index (χ1n) is 5.07. The van der Waals surface area contributed by atoms with Crippen molar-refractivity contribution in [2.75, 3.05) is 25.0 Å². The average Bonchev–Trinajstić information content (AvgIpc) is 2.18. The molecule has 4 nitrogen and oxygen atoms in total. The Morgan fingerprint density at radius 3 is 2.86 bits per heavy atom. The van der Waals surface area contributed by atoms with Gasteiger partial charge in [0.2, 0.25) is 0 Å². The molecule has 0 bridgehead atoms. The molecule has 0 aliphatic carbocycles. The van der Waals surface area contributed by atoms with Crippen LogP contribution >= 0.6 is 0 Å². The van der Waals surface area contributed by atoms with Crippen LogP contribution in [0.15, 0.2) is 12.3 Å². The van der Waals surface area contributed by atoms with Gasteiger partial charge in [-0.25, -0.2) is 0 Å². The van der Waals surface area contributed by atoms with Gasteiger partial charge in [0.1, 0.15) is 5.82 Å². The second-order valence-corrected chi connectivity index (χ2v) is 3.29. The fourth-order valence-electron chi connectivity index (χ4n) is 1.13. The largest absolute Gasteiger partial charge is 0.367 e. The number of aryl methyl sites for hydroxylation is 1. The van der Waals surface area contributed by atoms with E-state index < -0.39 is 0 Å². The molecule has 2 N–H and O–H groups in total. The van der Waals surface area contributed by atoms with E-state index in [0.717, 1.165) is 31.0 Å². The minimum absolute atomic E-state index is 0.850. The zero-order valence-electron chi connectivity index (χ0n) is 8.88. The molecule has 0 spiro atoms. The molecule has 1 rings (SSSR count). The Morgan fingerprint density at radius 2 is 2.14 bits per heavy atom. The van der Waals surface area contributed by atoms with Crippen molar-refractivity contribution in [3.63, 3.8) is 0 Å². The van der Waals surface area contributed by atoms with Crippen LogP contribution in [0.3, 0.4) is 0 Å². The summed E-state index contributed by atoms with van der Waals surface area (Å²) in [6.07, 6.45) is 2.92. The SMILES string of the molecule is CCCNCCNc1cc(C)cnn1. The first-order valence-corrected chi connectivity index (χ1v) is 5.07. The molecule has 0 saturated carbocycles. The molecule has 0 fully saturated rings. The van der Waals surface area contributed by atoms with Gasteiger partial charge in [-0.3, -0.25) is 0 Å². The van der Waals surface area contributed by atoms with Crippen LogP contribution in [-0.2, 0) is 0 Å². The van der Waals surface area contributed by atoms with Crippen LogP contribution in [0.1, 0.15) is 18.9 Å². The molecule has 4 heteroatoms. The van der Waals surface area contributed by atoms with E-state index in [-0.39, 0.29) is 0 Å². The Labute approximate surface area is 85.1 Å². The first-order chi connectivity index (χ1) is 6.83. The Bertz CT molecular complexity index is 262. The first kappa shape index (κ1) is 10.9. The van der Waals surface area contributed by atoms with Gasteiger partial charge in [-0.2, -0.15) is 5.10 Å². The predicted molar refractivity (Wildman–Crippen MR) is 58.4 cm³/mol. The molecule has 1 heterocycles. The number of hydrogen-bond acceptors (Lipinski definition) is 4. The number of hydrogen-bond donors (Lipinski definition) is 2. The second-order valence-electron chi connectivity index (χ2n) is 3.29. The lowest BCUT2D eigenvalue weighted by atomic mass is 10.3. The number of aromatic nitrogens is 2. The third kappa shape index (κ3) is 4.18. The van der Waals surface area contributed by atoms with E-state index in [9.17, 15) is 0 Å². The number of anilines is 1. The van der Waals surface area contributed by atoms with Gasteiger partial charge in [0.15, 0.2) is 0 Å². The van der Waals surface area contributed by atoms with E-state index in [1.165, 1.54) is 6.42 Å². The van der Waals surface area contributed by atoms with E-state index in [2.05, 4.69) is 27.8 Å². The minimum Gasteiger partial charge on any atom is -0.367 e. The van der Waals surface area contributed by atoms with E-state index in [0.29, 0.717) is 0 Å². The molecular weight excluding hydrogens is 176 g/mol. The highest BCUT2D eigenvalue weighted by Gasteiger charge is 1.93. The van der Waals surface area contributed by atoms with Gasteiger partial charge in [0.05, 0.1) is 6.20 Å². The molecule has 0 radical (unpaired) electrons. The maximum atomic E-state index is 3.97. The van der Waals surface area contributed by atoms with Gasteiger partial charge in [-0.1, -0.05) is 6.92 Å². The third-order valence-electron chi connectivity index (χ3n) is 1.83. The van der Waals surface area contributed by atoms with Gasteiger partial charge < -0.3 is 10.6 Å². The zero-order chi connectivity index (χ0) is 10.2. The standard InChI is InChI=1S/C10H18N4/c1-3-4-11-5-6-12-10-7-9(2)8-13-14-10/h7-8,11H,3-6H2,1-2H3,(H,12,14). The molecule has 14 heavy (non-hydrogen) atoms.